The van der Waals surface area contributed by atoms with Crippen LogP contribution in [0.5, 0.6) is 0 Å². The van der Waals surface area contributed by atoms with Gasteiger partial charge in [-0.05, 0) is 46.6 Å². The van der Waals surface area contributed by atoms with E-state index in [2.05, 4.69) is 19.9 Å². The van der Waals surface area contributed by atoms with E-state index in [1.807, 2.05) is 6.07 Å². The number of aromatic nitrogens is 5. The molecule has 3 rings (SSSR count). The minimum absolute atomic E-state index is 0.241. The first kappa shape index (κ1) is 11.0. The zero-order valence-corrected chi connectivity index (χ0v) is 10.8. The van der Waals surface area contributed by atoms with Crippen molar-refractivity contribution >= 4 is 34.9 Å². The van der Waals surface area contributed by atoms with E-state index in [1.165, 1.54) is 23.3 Å². The van der Waals surface area contributed by atoms with E-state index in [1.54, 1.807) is 4.68 Å². The lowest BCUT2D eigenvalue weighted by molar-refractivity contribution is 0.565. The van der Waals surface area contributed by atoms with Crippen LogP contribution in [0.3, 0.4) is 0 Å². The van der Waals surface area contributed by atoms with Crippen molar-refractivity contribution in [3.8, 4) is 6.07 Å². The van der Waals surface area contributed by atoms with Gasteiger partial charge in [-0.25, -0.2) is 4.68 Å². The van der Waals surface area contributed by atoms with Crippen molar-refractivity contribution in [2.45, 2.75) is 28.2 Å². The summed E-state index contributed by atoms with van der Waals surface area (Å²) in [5.74, 6) is 0. The number of hydrogen-bond donors (Lipinski definition) is 0. The van der Waals surface area contributed by atoms with Crippen molar-refractivity contribution < 1.29 is 0 Å². The zero-order chi connectivity index (χ0) is 11.8. The van der Waals surface area contributed by atoms with Gasteiger partial charge in [-0.1, -0.05) is 11.6 Å². The van der Waals surface area contributed by atoms with Crippen molar-refractivity contribution in [2.75, 3.05) is 0 Å². The molecule has 0 unspecified atom stereocenters. The standard InChI is InChI=1S/C8H5ClN6S2/c9-6-5(3-10)7(17-12-6)16-8-11-13-14-15(8)4-1-2-4/h4H,1-2H2. The molecule has 17 heavy (non-hydrogen) atoms. The highest BCUT2D eigenvalue weighted by molar-refractivity contribution is 8.01. The van der Waals surface area contributed by atoms with Gasteiger partial charge in [-0.3, -0.25) is 0 Å². The molecule has 1 aliphatic carbocycles. The molecule has 0 N–H and O–H groups in total. The largest absolute Gasteiger partial charge is 0.217 e. The average Bonchev–Trinajstić information content (AvgIpc) is 2.97. The second kappa shape index (κ2) is 4.25. The van der Waals surface area contributed by atoms with E-state index < -0.39 is 0 Å². The van der Waals surface area contributed by atoms with Gasteiger partial charge in [0.1, 0.15) is 15.8 Å². The quantitative estimate of drug-likeness (QED) is 0.859. The smallest absolute Gasteiger partial charge is 0.215 e. The molecule has 86 valence electrons. The third kappa shape index (κ3) is 2.01. The van der Waals surface area contributed by atoms with Crippen molar-refractivity contribution in [1.82, 2.24) is 24.6 Å². The summed E-state index contributed by atoms with van der Waals surface area (Å²) < 4.78 is 6.47. The molecular weight excluding hydrogens is 280 g/mol. The maximum absolute atomic E-state index is 8.97. The lowest BCUT2D eigenvalue weighted by Crippen LogP contribution is -1.98. The normalized spacial score (nSPS) is 14.8. The Kier molecular flexibility index (Phi) is 2.74. The summed E-state index contributed by atoms with van der Waals surface area (Å²) in [6, 6.07) is 2.44. The lowest BCUT2D eigenvalue weighted by atomic mass is 10.4. The summed E-state index contributed by atoms with van der Waals surface area (Å²) in [6.07, 6.45) is 2.21. The van der Waals surface area contributed by atoms with Gasteiger partial charge in [0.25, 0.3) is 0 Å². The first-order chi connectivity index (χ1) is 8.29. The highest BCUT2D eigenvalue weighted by atomic mass is 35.5. The molecule has 0 bridgehead atoms. The molecule has 0 aromatic carbocycles. The van der Waals surface area contributed by atoms with Gasteiger partial charge in [-0.2, -0.15) is 9.64 Å². The third-order valence-electron chi connectivity index (χ3n) is 2.27. The first-order valence-corrected chi connectivity index (χ1v) is 6.77. The van der Waals surface area contributed by atoms with E-state index >= 15 is 0 Å². The van der Waals surface area contributed by atoms with Crippen LogP contribution in [-0.2, 0) is 0 Å². The van der Waals surface area contributed by atoms with Crippen LogP contribution in [0.4, 0.5) is 0 Å². The fourth-order valence-electron chi connectivity index (χ4n) is 1.30. The molecule has 2 aromatic rings. The molecule has 9 heteroatoms. The van der Waals surface area contributed by atoms with Crippen LogP contribution in [0.15, 0.2) is 9.37 Å². The molecule has 2 heterocycles. The fourth-order valence-corrected chi connectivity index (χ4v) is 3.39. The summed E-state index contributed by atoms with van der Waals surface area (Å²) in [6.45, 7) is 0. The molecule has 6 nitrogen and oxygen atoms in total. The highest BCUT2D eigenvalue weighted by Crippen LogP contribution is 2.40. The van der Waals surface area contributed by atoms with Crippen LogP contribution >= 0.6 is 34.9 Å². The molecule has 0 saturated heterocycles. The van der Waals surface area contributed by atoms with Gasteiger partial charge in [-0.15, -0.1) is 5.10 Å². The highest BCUT2D eigenvalue weighted by Gasteiger charge is 2.28. The van der Waals surface area contributed by atoms with Gasteiger partial charge in [0, 0.05) is 0 Å². The maximum Gasteiger partial charge on any atom is 0.215 e. The molecule has 0 amide bonds. The van der Waals surface area contributed by atoms with Gasteiger partial charge in [0.15, 0.2) is 5.15 Å². The Morgan fingerprint density at radius 3 is 3.06 bits per heavy atom. The molecule has 2 aromatic heterocycles. The number of nitriles is 1. The van der Waals surface area contributed by atoms with E-state index in [0.717, 1.165) is 17.1 Å². The Hall–Kier alpha value is -1.17. The molecule has 1 aliphatic rings. The predicted octanol–water partition coefficient (Wildman–Crippen LogP) is 2.14. The molecule has 1 fully saturated rings. The molecular formula is C8H5ClN6S2. The van der Waals surface area contributed by atoms with Crippen LogP contribution in [0.2, 0.25) is 5.15 Å². The van der Waals surface area contributed by atoms with Gasteiger partial charge in [0.05, 0.1) is 6.04 Å². The Bertz CT molecular complexity index is 595. The summed E-state index contributed by atoms with van der Waals surface area (Å²) in [5.41, 5.74) is 0.395. The number of nitrogens with zero attached hydrogens (tertiary/aromatic N) is 6. The third-order valence-corrected chi connectivity index (χ3v) is 4.60. The first-order valence-electron chi connectivity index (χ1n) is 4.80. The summed E-state index contributed by atoms with van der Waals surface area (Å²) in [7, 11) is 0. The van der Waals surface area contributed by atoms with Crippen LogP contribution in [0.1, 0.15) is 24.4 Å². The fraction of sp³-hybridized carbons (Fsp3) is 0.375. The van der Waals surface area contributed by atoms with Gasteiger partial charge >= 0.3 is 0 Å². The molecule has 0 spiro atoms. The Morgan fingerprint density at radius 2 is 2.35 bits per heavy atom. The second-order valence-corrected chi connectivity index (χ2v) is 5.85. The van der Waals surface area contributed by atoms with E-state index in [4.69, 9.17) is 16.9 Å². The molecule has 0 aliphatic heterocycles. The van der Waals surface area contributed by atoms with E-state index in [0.29, 0.717) is 16.8 Å². The second-order valence-electron chi connectivity index (χ2n) is 3.49. The van der Waals surface area contributed by atoms with Crippen LogP contribution in [0.25, 0.3) is 0 Å². The number of tetrazole rings is 1. The number of rotatable bonds is 3. The maximum atomic E-state index is 8.97. The Balaban J connectivity index is 1.91. The minimum Gasteiger partial charge on any atom is -0.217 e. The Morgan fingerprint density at radius 1 is 1.53 bits per heavy atom. The van der Waals surface area contributed by atoms with Gasteiger partial charge < -0.3 is 0 Å². The average molecular weight is 285 g/mol. The Labute approximate surface area is 110 Å². The van der Waals surface area contributed by atoms with Crippen molar-refractivity contribution in [3.05, 3.63) is 10.7 Å². The number of halogens is 1. The lowest BCUT2D eigenvalue weighted by Gasteiger charge is -1.99. The van der Waals surface area contributed by atoms with Crippen LogP contribution < -0.4 is 0 Å². The van der Waals surface area contributed by atoms with Crippen LogP contribution in [0, 0.1) is 11.3 Å². The van der Waals surface area contributed by atoms with Crippen molar-refractivity contribution in [3.63, 3.8) is 0 Å². The van der Waals surface area contributed by atoms with Gasteiger partial charge in [0.2, 0.25) is 5.16 Å². The SMILES string of the molecule is N#Cc1c(Cl)nsc1Sc1nnnn1C1CC1. The van der Waals surface area contributed by atoms with E-state index in [9.17, 15) is 0 Å². The van der Waals surface area contributed by atoms with Crippen LogP contribution in [-0.4, -0.2) is 24.6 Å². The summed E-state index contributed by atoms with van der Waals surface area (Å²) in [5, 5.41) is 21.4. The molecule has 0 atom stereocenters. The zero-order valence-electron chi connectivity index (χ0n) is 8.37. The van der Waals surface area contributed by atoms with E-state index in [-0.39, 0.29) is 5.15 Å². The molecule has 1 saturated carbocycles. The molecule has 0 radical (unpaired) electrons. The van der Waals surface area contributed by atoms with Crippen molar-refractivity contribution in [2.24, 2.45) is 0 Å². The van der Waals surface area contributed by atoms with Crippen molar-refractivity contribution in [1.29, 1.82) is 5.26 Å². The summed E-state index contributed by atoms with van der Waals surface area (Å²) in [4.78, 5) is 0. The topological polar surface area (TPSA) is 80.3 Å². The minimum atomic E-state index is 0.241. The predicted molar refractivity (Wildman–Crippen MR) is 62.1 cm³/mol. The summed E-state index contributed by atoms with van der Waals surface area (Å²) >= 11 is 8.33. The number of hydrogen-bond acceptors (Lipinski definition) is 7. The monoisotopic (exact) mass is 284 g/mol.